The lowest BCUT2D eigenvalue weighted by atomic mass is 9.94. The van der Waals surface area contributed by atoms with Crippen molar-refractivity contribution in [1.82, 2.24) is 9.13 Å². The SMILES string of the molecule is CCCCc1cc2c3ccc4c(ccc5c4ccc4c5ccn4C)c3ccc2n1C. The molecule has 30 heavy (non-hydrogen) atoms. The van der Waals surface area contributed by atoms with E-state index in [4.69, 9.17) is 0 Å². The molecular formula is C28H26N2. The van der Waals surface area contributed by atoms with Crippen molar-refractivity contribution in [2.45, 2.75) is 26.2 Å². The van der Waals surface area contributed by atoms with Crippen molar-refractivity contribution >= 4 is 54.1 Å². The molecule has 0 bridgehead atoms. The summed E-state index contributed by atoms with van der Waals surface area (Å²) >= 11 is 0. The van der Waals surface area contributed by atoms with Gasteiger partial charge in [-0.15, -0.1) is 0 Å². The van der Waals surface area contributed by atoms with Gasteiger partial charge >= 0.3 is 0 Å². The van der Waals surface area contributed by atoms with Gasteiger partial charge < -0.3 is 9.13 Å². The fourth-order valence-electron chi connectivity index (χ4n) is 5.27. The van der Waals surface area contributed by atoms with Crippen LogP contribution in [0.25, 0.3) is 54.1 Å². The summed E-state index contributed by atoms with van der Waals surface area (Å²) in [5, 5.41) is 10.8. The van der Waals surface area contributed by atoms with E-state index in [0.717, 1.165) is 6.42 Å². The van der Waals surface area contributed by atoms with E-state index < -0.39 is 0 Å². The molecule has 6 rings (SSSR count). The molecule has 0 radical (unpaired) electrons. The zero-order valence-corrected chi connectivity index (χ0v) is 17.9. The molecule has 2 heteroatoms. The highest BCUT2D eigenvalue weighted by atomic mass is 14.9. The van der Waals surface area contributed by atoms with Gasteiger partial charge in [0, 0.05) is 47.8 Å². The highest BCUT2D eigenvalue weighted by molar-refractivity contribution is 6.24. The maximum absolute atomic E-state index is 2.41. The van der Waals surface area contributed by atoms with Crippen molar-refractivity contribution in [3.05, 3.63) is 72.6 Å². The molecule has 0 unspecified atom stereocenters. The predicted molar refractivity (Wildman–Crippen MR) is 131 cm³/mol. The minimum absolute atomic E-state index is 1.15. The van der Waals surface area contributed by atoms with Gasteiger partial charge in [0.25, 0.3) is 0 Å². The Balaban J connectivity index is 1.67. The molecule has 6 aromatic rings. The lowest BCUT2D eigenvalue weighted by molar-refractivity contribution is 0.742. The normalized spacial score (nSPS) is 12.2. The Kier molecular flexibility index (Phi) is 3.73. The van der Waals surface area contributed by atoms with Crippen LogP contribution in [0, 0.1) is 0 Å². The van der Waals surface area contributed by atoms with Gasteiger partial charge in [-0.3, -0.25) is 0 Å². The summed E-state index contributed by atoms with van der Waals surface area (Å²) in [6.07, 6.45) is 5.77. The molecule has 2 heterocycles. The first-order chi connectivity index (χ1) is 14.7. The number of hydrogen-bond donors (Lipinski definition) is 0. The second kappa shape index (κ2) is 6.37. The largest absolute Gasteiger partial charge is 0.351 e. The monoisotopic (exact) mass is 390 g/mol. The minimum atomic E-state index is 1.15. The van der Waals surface area contributed by atoms with Crippen molar-refractivity contribution < 1.29 is 0 Å². The average molecular weight is 391 g/mol. The number of aryl methyl sites for hydroxylation is 3. The molecule has 2 nitrogen and oxygen atoms in total. The fraction of sp³-hybridized carbons (Fsp3) is 0.214. The first-order valence-electron chi connectivity index (χ1n) is 11.0. The predicted octanol–water partition coefficient (Wildman–Crippen LogP) is 7.47. The van der Waals surface area contributed by atoms with E-state index >= 15 is 0 Å². The van der Waals surface area contributed by atoms with Crippen molar-refractivity contribution in [2.75, 3.05) is 0 Å². The van der Waals surface area contributed by atoms with Crippen LogP contribution < -0.4 is 0 Å². The Morgan fingerprint density at radius 3 is 1.77 bits per heavy atom. The smallest absolute Gasteiger partial charge is 0.0486 e. The van der Waals surface area contributed by atoms with Gasteiger partial charge in [0.2, 0.25) is 0 Å². The number of fused-ring (bicyclic) bond motifs is 9. The maximum Gasteiger partial charge on any atom is 0.0486 e. The van der Waals surface area contributed by atoms with E-state index in [1.807, 2.05) is 0 Å². The molecule has 0 atom stereocenters. The van der Waals surface area contributed by atoms with E-state index in [1.165, 1.54) is 72.7 Å². The van der Waals surface area contributed by atoms with E-state index in [-0.39, 0.29) is 0 Å². The summed E-state index contributed by atoms with van der Waals surface area (Å²) in [7, 11) is 4.32. The van der Waals surface area contributed by atoms with Crippen LogP contribution in [-0.2, 0) is 20.5 Å². The van der Waals surface area contributed by atoms with Crippen LogP contribution in [0.2, 0.25) is 0 Å². The molecular weight excluding hydrogens is 364 g/mol. The topological polar surface area (TPSA) is 9.86 Å². The Hall–Kier alpha value is -3.26. The molecule has 148 valence electrons. The quantitative estimate of drug-likeness (QED) is 0.277. The summed E-state index contributed by atoms with van der Waals surface area (Å²) < 4.78 is 4.57. The fourth-order valence-corrected chi connectivity index (χ4v) is 5.27. The summed E-state index contributed by atoms with van der Waals surface area (Å²) in [5.74, 6) is 0. The molecule has 0 fully saturated rings. The van der Waals surface area contributed by atoms with Gasteiger partial charge in [0.05, 0.1) is 0 Å². The van der Waals surface area contributed by atoms with E-state index in [2.05, 4.69) is 97.0 Å². The van der Waals surface area contributed by atoms with E-state index in [1.54, 1.807) is 0 Å². The average Bonchev–Trinajstić information content (AvgIpc) is 3.31. The molecule has 4 aromatic carbocycles. The third-order valence-corrected chi connectivity index (χ3v) is 6.97. The first-order valence-corrected chi connectivity index (χ1v) is 11.0. The molecule has 0 spiro atoms. The van der Waals surface area contributed by atoms with Crippen LogP contribution in [0.4, 0.5) is 0 Å². The first kappa shape index (κ1) is 17.6. The van der Waals surface area contributed by atoms with Gasteiger partial charge in [-0.25, -0.2) is 0 Å². The second-order valence-corrected chi connectivity index (χ2v) is 8.64. The van der Waals surface area contributed by atoms with Crippen LogP contribution in [0.15, 0.2) is 66.9 Å². The molecule has 0 amide bonds. The van der Waals surface area contributed by atoms with Crippen LogP contribution >= 0.6 is 0 Å². The number of benzene rings is 4. The third kappa shape index (κ3) is 2.31. The second-order valence-electron chi connectivity index (χ2n) is 8.64. The standard InChI is InChI=1S/C28H26N2/c1-4-5-6-18-17-26-24-10-8-19-20(22(24)12-14-28(26)30(18)3)7-9-23-21(19)11-13-27-25(23)15-16-29(27)2/h7-17H,4-6H2,1-3H3. The van der Waals surface area contributed by atoms with Crippen LogP contribution in [0.1, 0.15) is 25.5 Å². The van der Waals surface area contributed by atoms with Gasteiger partial charge in [0.1, 0.15) is 0 Å². The van der Waals surface area contributed by atoms with Crippen molar-refractivity contribution in [2.24, 2.45) is 14.1 Å². The molecule has 2 aromatic heterocycles. The summed E-state index contributed by atoms with van der Waals surface area (Å²) in [5.41, 5.74) is 4.05. The number of aromatic nitrogens is 2. The van der Waals surface area contributed by atoms with Crippen molar-refractivity contribution in [1.29, 1.82) is 0 Å². The van der Waals surface area contributed by atoms with Gasteiger partial charge in [-0.1, -0.05) is 49.7 Å². The van der Waals surface area contributed by atoms with E-state index in [9.17, 15) is 0 Å². The zero-order chi connectivity index (χ0) is 20.4. The molecule has 0 aliphatic carbocycles. The summed E-state index contributed by atoms with van der Waals surface area (Å²) in [4.78, 5) is 0. The Morgan fingerprint density at radius 2 is 1.13 bits per heavy atom. The number of hydrogen-bond acceptors (Lipinski definition) is 0. The van der Waals surface area contributed by atoms with Gasteiger partial charge in [0.15, 0.2) is 0 Å². The zero-order valence-electron chi connectivity index (χ0n) is 17.9. The number of unbranched alkanes of at least 4 members (excludes halogenated alkanes) is 1. The Labute approximate surface area is 176 Å². The van der Waals surface area contributed by atoms with Crippen LogP contribution in [0.3, 0.4) is 0 Å². The minimum Gasteiger partial charge on any atom is -0.351 e. The maximum atomic E-state index is 2.41. The molecule has 0 saturated heterocycles. The van der Waals surface area contributed by atoms with Crippen LogP contribution in [0.5, 0.6) is 0 Å². The third-order valence-electron chi connectivity index (χ3n) is 6.97. The summed E-state index contributed by atoms with van der Waals surface area (Å²) in [6, 6.07) is 23.1. The number of nitrogens with zero attached hydrogens (tertiary/aromatic N) is 2. The van der Waals surface area contributed by atoms with Crippen LogP contribution in [-0.4, -0.2) is 9.13 Å². The lowest BCUT2D eigenvalue weighted by Crippen LogP contribution is -1.95. The van der Waals surface area contributed by atoms with E-state index in [0.29, 0.717) is 0 Å². The van der Waals surface area contributed by atoms with Crippen molar-refractivity contribution in [3.63, 3.8) is 0 Å². The highest BCUT2D eigenvalue weighted by Crippen LogP contribution is 2.37. The molecule has 0 aliphatic heterocycles. The molecule has 0 aliphatic rings. The lowest BCUT2D eigenvalue weighted by Gasteiger charge is -2.10. The van der Waals surface area contributed by atoms with Crippen molar-refractivity contribution in [3.8, 4) is 0 Å². The molecule has 0 N–H and O–H groups in total. The highest BCUT2D eigenvalue weighted by Gasteiger charge is 2.12. The molecule has 0 saturated carbocycles. The number of rotatable bonds is 3. The summed E-state index contributed by atoms with van der Waals surface area (Å²) in [6.45, 7) is 2.26. The van der Waals surface area contributed by atoms with Gasteiger partial charge in [-0.05, 0) is 69.4 Å². The van der Waals surface area contributed by atoms with Gasteiger partial charge in [-0.2, -0.15) is 0 Å². The Morgan fingerprint density at radius 1 is 0.600 bits per heavy atom. The Bertz CT molecular complexity index is 1590.